The van der Waals surface area contributed by atoms with Crippen molar-refractivity contribution in [3.8, 4) is 16.9 Å². The van der Waals surface area contributed by atoms with Gasteiger partial charge in [-0.1, -0.05) is 12.1 Å². The Morgan fingerprint density at radius 1 is 1.04 bits per heavy atom. The maximum atomic E-state index is 12.5. The minimum absolute atomic E-state index is 0.0804. The Hall–Kier alpha value is -2.38. The van der Waals surface area contributed by atoms with Crippen molar-refractivity contribution in [3.05, 3.63) is 48.0 Å². The van der Waals surface area contributed by atoms with E-state index in [9.17, 15) is 13.2 Å². The largest absolute Gasteiger partial charge is 0.496 e. The predicted octanol–water partition coefficient (Wildman–Crippen LogP) is 3.14. The first-order valence-electron chi connectivity index (χ1n) is 8.49. The summed E-state index contributed by atoms with van der Waals surface area (Å²) in [5.41, 5.74) is 1.57. The molecular weight excluding hydrogens is 364 g/mol. The highest BCUT2D eigenvalue weighted by atomic mass is 32.2. The molecule has 0 unspecified atom stereocenters. The molecule has 0 aliphatic heterocycles. The monoisotopic (exact) mass is 390 g/mol. The summed E-state index contributed by atoms with van der Waals surface area (Å²) in [6.45, 7) is 5.35. The molecule has 7 heteroatoms. The van der Waals surface area contributed by atoms with E-state index >= 15 is 0 Å². The van der Waals surface area contributed by atoms with Crippen molar-refractivity contribution in [3.63, 3.8) is 0 Å². The van der Waals surface area contributed by atoms with Gasteiger partial charge in [0.2, 0.25) is 10.0 Å². The van der Waals surface area contributed by atoms with Gasteiger partial charge in [0, 0.05) is 36.8 Å². The van der Waals surface area contributed by atoms with E-state index in [4.69, 9.17) is 4.74 Å². The first-order valence-corrected chi connectivity index (χ1v) is 9.97. The number of methoxy groups -OCH3 is 1. The summed E-state index contributed by atoms with van der Waals surface area (Å²) in [5.74, 6) is 0.363. The number of carbonyl (C=O) groups is 1. The molecule has 146 valence electrons. The van der Waals surface area contributed by atoms with Crippen molar-refractivity contribution in [1.29, 1.82) is 0 Å². The van der Waals surface area contributed by atoms with Gasteiger partial charge in [0.25, 0.3) is 5.91 Å². The fourth-order valence-electron chi connectivity index (χ4n) is 2.59. The van der Waals surface area contributed by atoms with Gasteiger partial charge in [-0.25, -0.2) is 13.1 Å². The lowest BCUT2D eigenvalue weighted by Gasteiger charge is -2.21. The van der Waals surface area contributed by atoms with Crippen LogP contribution >= 0.6 is 0 Å². The highest BCUT2D eigenvalue weighted by Crippen LogP contribution is 2.32. The lowest BCUT2D eigenvalue weighted by Crippen LogP contribution is -2.40. The lowest BCUT2D eigenvalue weighted by molar-refractivity contribution is 0.0827. The van der Waals surface area contributed by atoms with E-state index in [0.717, 1.165) is 11.1 Å². The minimum atomic E-state index is -3.66. The van der Waals surface area contributed by atoms with Gasteiger partial charge in [-0.3, -0.25) is 4.79 Å². The third-order valence-corrected chi connectivity index (χ3v) is 5.53. The number of hydrogen-bond donors (Lipinski definition) is 1. The van der Waals surface area contributed by atoms with Gasteiger partial charge in [0.05, 0.1) is 12.0 Å². The molecule has 6 nitrogen and oxygen atoms in total. The quantitative estimate of drug-likeness (QED) is 0.851. The smallest absolute Gasteiger partial charge is 0.253 e. The van der Waals surface area contributed by atoms with Crippen molar-refractivity contribution in [2.24, 2.45) is 0 Å². The van der Waals surface area contributed by atoms with E-state index in [1.165, 1.54) is 18.1 Å². The summed E-state index contributed by atoms with van der Waals surface area (Å²) < 4.78 is 33.1. The van der Waals surface area contributed by atoms with Crippen LogP contribution in [-0.4, -0.2) is 46.0 Å². The van der Waals surface area contributed by atoms with Crippen LogP contribution in [0.4, 0.5) is 0 Å². The van der Waals surface area contributed by atoms with Gasteiger partial charge in [0.1, 0.15) is 5.75 Å². The van der Waals surface area contributed by atoms with E-state index in [0.29, 0.717) is 11.3 Å². The van der Waals surface area contributed by atoms with E-state index in [-0.39, 0.29) is 10.8 Å². The van der Waals surface area contributed by atoms with E-state index in [1.807, 2.05) is 12.1 Å². The maximum absolute atomic E-state index is 12.5. The number of nitrogens with one attached hydrogen (secondary N) is 1. The molecule has 0 fully saturated rings. The summed E-state index contributed by atoms with van der Waals surface area (Å²) >= 11 is 0. The Balaban J connectivity index is 2.41. The van der Waals surface area contributed by atoms with Crippen LogP contribution in [0.15, 0.2) is 47.4 Å². The van der Waals surface area contributed by atoms with Gasteiger partial charge >= 0.3 is 0 Å². The third kappa shape index (κ3) is 5.08. The second-order valence-electron chi connectivity index (χ2n) is 7.49. The molecule has 0 spiro atoms. The van der Waals surface area contributed by atoms with Crippen LogP contribution < -0.4 is 9.46 Å². The predicted molar refractivity (Wildman–Crippen MR) is 107 cm³/mol. The summed E-state index contributed by atoms with van der Waals surface area (Å²) in [7, 11) is 1.24. The van der Waals surface area contributed by atoms with Crippen LogP contribution in [0.25, 0.3) is 11.1 Å². The fraction of sp³-hybridized carbons (Fsp3) is 0.350. The van der Waals surface area contributed by atoms with Crippen molar-refractivity contribution < 1.29 is 17.9 Å². The molecule has 1 amide bonds. The van der Waals surface area contributed by atoms with E-state index in [2.05, 4.69) is 4.72 Å². The van der Waals surface area contributed by atoms with Gasteiger partial charge < -0.3 is 9.64 Å². The summed E-state index contributed by atoms with van der Waals surface area (Å²) in [4.78, 5) is 13.7. The van der Waals surface area contributed by atoms with Crippen LogP contribution in [0.3, 0.4) is 0 Å². The number of amides is 1. The molecule has 0 saturated heterocycles. The van der Waals surface area contributed by atoms with Crippen LogP contribution in [0.1, 0.15) is 31.1 Å². The number of ether oxygens (including phenoxy) is 1. The molecule has 2 aromatic carbocycles. The van der Waals surface area contributed by atoms with Crippen LogP contribution in [0.5, 0.6) is 5.75 Å². The highest BCUT2D eigenvalue weighted by Gasteiger charge is 2.23. The molecule has 2 aromatic rings. The Morgan fingerprint density at radius 2 is 1.63 bits per heavy atom. The van der Waals surface area contributed by atoms with Gasteiger partial charge in [-0.15, -0.1) is 0 Å². The molecule has 0 aliphatic carbocycles. The Morgan fingerprint density at radius 3 is 2.11 bits per heavy atom. The molecule has 2 rings (SSSR count). The molecule has 1 N–H and O–H groups in total. The van der Waals surface area contributed by atoms with Gasteiger partial charge in [-0.05, 0) is 50.6 Å². The first-order chi connectivity index (χ1) is 12.4. The molecule has 0 aliphatic rings. The Bertz CT molecular complexity index is 927. The molecule has 0 atom stereocenters. The molecule has 0 saturated carbocycles. The van der Waals surface area contributed by atoms with Gasteiger partial charge in [0.15, 0.2) is 0 Å². The number of carbonyl (C=O) groups excluding carboxylic acids is 1. The SMILES string of the molecule is COc1cc(S(=O)(=O)NC(C)(C)C)ccc1-c1ccc(C(=O)N(C)C)cc1. The number of nitrogens with zero attached hydrogens (tertiary/aromatic N) is 1. The van der Waals surface area contributed by atoms with Gasteiger partial charge in [-0.2, -0.15) is 0 Å². The molecule has 0 radical (unpaired) electrons. The number of sulfonamides is 1. The van der Waals surface area contributed by atoms with E-state index < -0.39 is 15.6 Å². The number of hydrogen-bond acceptors (Lipinski definition) is 4. The average molecular weight is 391 g/mol. The van der Waals surface area contributed by atoms with Crippen LogP contribution in [0, 0.1) is 0 Å². The summed E-state index contributed by atoms with van der Waals surface area (Å²) in [6.07, 6.45) is 0. The number of benzene rings is 2. The molecular formula is C20H26N2O4S. The Kier molecular flexibility index (Phi) is 5.97. The zero-order chi connectivity index (χ0) is 20.4. The molecule has 27 heavy (non-hydrogen) atoms. The van der Waals surface area contributed by atoms with Crippen molar-refractivity contribution in [2.75, 3.05) is 21.2 Å². The van der Waals surface area contributed by atoms with Crippen molar-refractivity contribution >= 4 is 15.9 Å². The van der Waals surface area contributed by atoms with Crippen LogP contribution in [0.2, 0.25) is 0 Å². The second-order valence-corrected chi connectivity index (χ2v) is 9.18. The van der Waals surface area contributed by atoms with Crippen molar-refractivity contribution in [1.82, 2.24) is 9.62 Å². The molecule has 0 aromatic heterocycles. The fourth-order valence-corrected chi connectivity index (χ4v) is 4.02. The molecule has 0 bridgehead atoms. The minimum Gasteiger partial charge on any atom is -0.496 e. The maximum Gasteiger partial charge on any atom is 0.253 e. The standard InChI is InChI=1S/C20H26N2O4S/c1-20(2,3)21-27(24,25)16-11-12-17(18(13-16)26-6)14-7-9-15(10-8-14)19(23)22(4)5/h7-13,21H,1-6H3. The zero-order valence-electron chi connectivity index (χ0n) is 16.5. The highest BCUT2D eigenvalue weighted by molar-refractivity contribution is 7.89. The normalized spacial score (nSPS) is 11.9. The summed E-state index contributed by atoms with van der Waals surface area (Å²) in [5, 5.41) is 0. The second kappa shape index (κ2) is 7.70. The van der Waals surface area contributed by atoms with Crippen molar-refractivity contribution in [2.45, 2.75) is 31.2 Å². The molecule has 0 heterocycles. The lowest BCUT2D eigenvalue weighted by atomic mass is 10.0. The Labute approximate surface area is 161 Å². The zero-order valence-corrected chi connectivity index (χ0v) is 17.3. The summed E-state index contributed by atoms with van der Waals surface area (Å²) in [6, 6.07) is 11.9. The number of rotatable bonds is 5. The first kappa shape index (κ1) is 20.9. The third-order valence-electron chi connectivity index (χ3n) is 3.77. The topological polar surface area (TPSA) is 75.7 Å². The van der Waals surface area contributed by atoms with E-state index in [1.54, 1.807) is 59.1 Å². The van der Waals surface area contributed by atoms with Crippen LogP contribution in [-0.2, 0) is 10.0 Å². The average Bonchev–Trinajstić information content (AvgIpc) is 2.58.